The number of ether oxygens (including phenoxy) is 1. The molecular formula is C12H18N2O3S2. The van der Waals surface area contributed by atoms with Gasteiger partial charge in [0.15, 0.2) is 5.78 Å². The summed E-state index contributed by atoms with van der Waals surface area (Å²) in [4.78, 5) is 24.4. The zero-order chi connectivity index (χ0) is 14.4. The number of thioether (sulfide) groups is 2. The van der Waals surface area contributed by atoms with Crippen molar-refractivity contribution >= 4 is 35.3 Å². The predicted octanol–water partition coefficient (Wildman–Crippen LogP) is 1.79. The van der Waals surface area contributed by atoms with Gasteiger partial charge in [-0.2, -0.15) is 0 Å². The minimum Gasteiger partial charge on any atom is -0.465 e. The molecule has 0 unspecified atom stereocenters. The number of methoxy groups -OCH3 is 1. The third-order valence-electron chi connectivity index (χ3n) is 2.19. The molecule has 0 amide bonds. The number of hydrogen-bond donors (Lipinski definition) is 2. The zero-order valence-corrected chi connectivity index (χ0v) is 13.1. The lowest BCUT2D eigenvalue weighted by molar-refractivity contribution is -0.135. The minimum absolute atomic E-state index is 0.0644. The van der Waals surface area contributed by atoms with E-state index >= 15 is 0 Å². The average molecular weight is 302 g/mol. The number of Topliss-reactive ketones (excluding diaryl/α,β-unsaturated/α-hetero) is 1. The first-order valence-electron chi connectivity index (χ1n) is 5.96. The molecule has 0 spiro atoms. The predicted molar refractivity (Wildman–Crippen MR) is 79.3 cm³/mol. The molecule has 1 aliphatic heterocycles. The lowest BCUT2D eigenvalue weighted by Crippen LogP contribution is -2.23. The van der Waals surface area contributed by atoms with E-state index in [1.54, 1.807) is 0 Å². The van der Waals surface area contributed by atoms with E-state index in [0.717, 1.165) is 21.8 Å². The monoisotopic (exact) mass is 302 g/mol. The SMILES string of the molecule is CCNC1=C(C(C)=O)SC(C(=O)OC)=C(NCC)S1. The number of carbonyl (C=O) groups excluding carboxylic acids is 2. The molecule has 1 rings (SSSR count). The van der Waals surface area contributed by atoms with Crippen molar-refractivity contribution in [1.82, 2.24) is 10.6 Å². The van der Waals surface area contributed by atoms with Crippen LogP contribution < -0.4 is 10.6 Å². The van der Waals surface area contributed by atoms with E-state index in [2.05, 4.69) is 10.6 Å². The third kappa shape index (κ3) is 3.94. The summed E-state index contributed by atoms with van der Waals surface area (Å²) in [5.41, 5.74) is 0. The van der Waals surface area contributed by atoms with Crippen LogP contribution in [0.1, 0.15) is 20.8 Å². The van der Waals surface area contributed by atoms with Crippen LogP contribution in [0.2, 0.25) is 0 Å². The third-order valence-corrected chi connectivity index (χ3v) is 4.82. The molecule has 2 N–H and O–H groups in total. The van der Waals surface area contributed by atoms with Crippen LogP contribution in [-0.2, 0) is 14.3 Å². The van der Waals surface area contributed by atoms with Crippen LogP contribution in [0, 0.1) is 0 Å². The Morgan fingerprint density at radius 1 is 1.05 bits per heavy atom. The van der Waals surface area contributed by atoms with Gasteiger partial charge in [-0.15, -0.1) is 0 Å². The first-order chi connectivity index (χ1) is 9.04. The number of allylic oxidation sites excluding steroid dienone is 1. The molecule has 0 aromatic heterocycles. The van der Waals surface area contributed by atoms with E-state index in [0.29, 0.717) is 22.9 Å². The highest BCUT2D eigenvalue weighted by atomic mass is 32.2. The molecule has 0 aromatic carbocycles. The summed E-state index contributed by atoms with van der Waals surface area (Å²) in [5, 5.41) is 7.79. The molecule has 7 heteroatoms. The van der Waals surface area contributed by atoms with Gasteiger partial charge in [-0.05, 0) is 20.8 Å². The molecule has 106 valence electrons. The van der Waals surface area contributed by atoms with Crippen molar-refractivity contribution < 1.29 is 14.3 Å². The number of rotatable bonds is 6. The van der Waals surface area contributed by atoms with Gasteiger partial charge in [0.1, 0.15) is 4.91 Å². The van der Waals surface area contributed by atoms with Crippen molar-refractivity contribution in [2.24, 2.45) is 0 Å². The van der Waals surface area contributed by atoms with Crippen molar-refractivity contribution in [3.05, 3.63) is 19.9 Å². The zero-order valence-electron chi connectivity index (χ0n) is 11.5. The van der Waals surface area contributed by atoms with Crippen LogP contribution in [0.3, 0.4) is 0 Å². The highest BCUT2D eigenvalue weighted by Gasteiger charge is 2.29. The molecule has 0 bridgehead atoms. The summed E-state index contributed by atoms with van der Waals surface area (Å²) in [5.74, 6) is -0.492. The summed E-state index contributed by atoms with van der Waals surface area (Å²) in [7, 11) is 1.33. The topological polar surface area (TPSA) is 67.4 Å². The fourth-order valence-corrected chi connectivity index (χ4v) is 3.80. The quantitative estimate of drug-likeness (QED) is 0.725. The van der Waals surface area contributed by atoms with E-state index in [4.69, 9.17) is 4.74 Å². The van der Waals surface area contributed by atoms with Gasteiger partial charge in [-0.25, -0.2) is 4.79 Å². The largest absolute Gasteiger partial charge is 0.465 e. The number of hydrogen-bond acceptors (Lipinski definition) is 7. The van der Waals surface area contributed by atoms with Crippen molar-refractivity contribution in [2.45, 2.75) is 20.8 Å². The highest BCUT2D eigenvalue weighted by molar-refractivity contribution is 8.14. The summed E-state index contributed by atoms with van der Waals surface area (Å²) in [6.45, 7) is 6.81. The Bertz CT molecular complexity index is 444. The number of nitrogens with one attached hydrogen (secondary N) is 2. The molecule has 1 aliphatic rings. The van der Waals surface area contributed by atoms with Gasteiger partial charge >= 0.3 is 5.97 Å². The summed E-state index contributed by atoms with van der Waals surface area (Å²) >= 11 is 2.52. The normalized spacial score (nSPS) is 15.4. The maximum absolute atomic E-state index is 11.8. The second-order valence-electron chi connectivity index (χ2n) is 3.63. The molecule has 1 heterocycles. The molecule has 19 heavy (non-hydrogen) atoms. The minimum atomic E-state index is -0.428. The first kappa shape index (κ1) is 16.0. The van der Waals surface area contributed by atoms with Gasteiger partial charge in [0, 0.05) is 13.1 Å². The Morgan fingerprint density at radius 2 is 1.58 bits per heavy atom. The standard InChI is InChI=1S/C12H18N2O3S2/c1-5-13-10-8(7(3)15)18-9(12(16)17-4)11(19-10)14-6-2/h13-14H,5-6H2,1-4H3. The maximum Gasteiger partial charge on any atom is 0.347 e. The highest BCUT2D eigenvalue weighted by Crippen LogP contribution is 2.43. The lowest BCUT2D eigenvalue weighted by atomic mass is 10.4. The fraction of sp³-hybridized carbons (Fsp3) is 0.500. The van der Waals surface area contributed by atoms with Crippen LogP contribution in [0.15, 0.2) is 19.9 Å². The lowest BCUT2D eigenvalue weighted by Gasteiger charge is -2.23. The van der Waals surface area contributed by atoms with E-state index in [1.165, 1.54) is 25.8 Å². The molecule has 0 fully saturated rings. The van der Waals surface area contributed by atoms with Crippen molar-refractivity contribution in [3.63, 3.8) is 0 Å². The van der Waals surface area contributed by atoms with Gasteiger partial charge < -0.3 is 15.4 Å². The molecule has 0 saturated carbocycles. The van der Waals surface area contributed by atoms with Gasteiger partial charge in [-0.1, -0.05) is 23.5 Å². The Hall–Kier alpha value is -1.08. The van der Waals surface area contributed by atoms with Crippen LogP contribution in [0.25, 0.3) is 0 Å². The Kier molecular flexibility index (Phi) is 6.30. The van der Waals surface area contributed by atoms with Gasteiger partial charge in [0.25, 0.3) is 0 Å². The Labute approximate surface area is 121 Å². The summed E-state index contributed by atoms with van der Waals surface area (Å²) in [6, 6.07) is 0. The van der Waals surface area contributed by atoms with Crippen LogP contribution in [0.4, 0.5) is 0 Å². The fourth-order valence-electron chi connectivity index (χ4n) is 1.40. The maximum atomic E-state index is 11.8. The average Bonchev–Trinajstić information content (AvgIpc) is 2.38. The van der Waals surface area contributed by atoms with Crippen LogP contribution in [-0.4, -0.2) is 32.0 Å². The van der Waals surface area contributed by atoms with Gasteiger partial charge in [0.05, 0.1) is 22.1 Å². The smallest absolute Gasteiger partial charge is 0.347 e. The number of ketones is 1. The molecule has 0 saturated heterocycles. The Balaban J connectivity index is 3.11. The van der Waals surface area contributed by atoms with E-state index in [9.17, 15) is 9.59 Å². The molecule has 0 aliphatic carbocycles. The Morgan fingerprint density at radius 3 is 2.00 bits per heavy atom. The number of esters is 1. The molecule has 0 aromatic rings. The first-order valence-corrected chi connectivity index (χ1v) is 7.59. The molecular weight excluding hydrogens is 284 g/mol. The number of carbonyl (C=O) groups is 2. The van der Waals surface area contributed by atoms with Gasteiger partial charge in [-0.3, -0.25) is 4.79 Å². The van der Waals surface area contributed by atoms with Crippen molar-refractivity contribution in [3.8, 4) is 0 Å². The van der Waals surface area contributed by atoms with Crippen molar-refractivity contribution in [2.75, 3.05) is 20.2 Å². The van der Waals surface area contributed by atoms with E-state index < -0.39 is 5.97 Å². The second-order valence-corrected chi connectivity index (χ2v) is 5.67. The molecule has 5 nitrogen and oxygen atoms in total. The molecule has 0 radical (unpaired) electrons. The molecule has 0 atom stereocenters. The van der Waals surface area contributed by atoms with E-state index in [1.807, 2.05) is 13.8 Å². The van der Waals surface area contributed by atoms with Crippen LogP contribution in [0.5, 0.6) is 0 Å². The van der Waals surface area contributed by atoms with Crippen molar-refractivity contribution in [1.29, 1.82) is 0 Å². The van der Waals surface area contributed by atoms with Gasteiger partial charge in [0.2, 0.25) is 0 Å². The summed E-state index contributed by atoms with van der Waals surface area (Å²) in [6.07, 6.45) is 0. The van der Waals surface area contributed by atoms with E-state index in [-0.39, 0.29) is 5.78 Å². The summed E-state index contributed by atoms with van der Waals surface area (Å²) < 4.78 is 4.76. The second kappa shape index (κ2) is 7.49. The van der Waals surface area contributed by atoms with Crippen LogP contribution >= 0.6 is 23.5 Å².